The Balaban J connectivity index is 1.53. The van der Waals surface area contributed by atoms with E-state index in [9.17, 15) is 4.79 Å². The summed E-state index contributed by atoms with van der Waals surface area (Å²) in [6.45, 7) is 6.39. The average molecular weight is 477 g/mol. The number of fused-ring (bicyclic) bond motifs is 3. The molecule has 0 saturated heterocycles. The van der Waals surface area contributed by atoms with Crippen LogP contribution in [0.3, 0.4) is 0 Å². The molecule has 160 valence electrons. The van der Waals surface area contributed by atoms with E-state index in [1.54, 1.807) is 0 Å². The number of halogens is 1. The van der Waals surface area contributed by atoms with Crippen LogP contribution in [0.25, 0.3) is 22.2 Å². The summed E-state index contributed by atoms with van der Waals surface area (Å²) in [5, 5.41) is 4.24. The van der Waals surface area contributed by atoms with Crippen LogP contribution < -0.4 is 5.32 Å². The lowest BCUT2D eigenvalue weighted by Gasteiger charge is -2.28. The number of pyridine rings is 1. The van der Waals surface area contributed by atoms with Crippen LogP contribution >= 0.6 is 15.9 Å². The number of nitrogens with zero attached hydrogens (tertiary/aromatic N) is 1. The fourth-order valence-corrected chi connectivity index (χ4v) is 6.28. The molecule has 2 aliphatic rings. The van der Waals surface area contributed by atoms with Crippen LogP contribution in [0.15, 0.2) is 46.9 Å². The van der Waals surface area contributed by atoms with Gasteiger partial charge in [-0.25, -0.2) is 4.98 Å². The first kappa shape index (κ1) is 20.7. The lowest BCUT2D eigenvalue weighted by Crippen LogP contribution is -2.40. The first-order valence-corrected chi connectivity index (χ1v) is 12.2. The predicted molar refractivity (Wildman–Crippen MR) is 130 cm³/mol. The van der Waals surface area contributed by atoms with Gasteiger partial charge < -0.3 is 5.32 Å². The van der Waals surface area contributed by atoms with E-state index in [0.717, 1.165) is 38.5 Å². The van der Waals surface area contributed by atoms with E-state index in [2.05, 4.69) is 60.2 Å². The molecule has 2 aromatic carbocycles. The molecule has 31 heavy (non-hydrogen) atoms. The topological polar surface area (TPSA) is 42.0 Å². The maximum absolute atomic E-state index is 13.5. The van der Waals surface area contributed by atoms with Gasteiger partial charge in [-0.05, 0) is 87.6 Å². The zero-order chi connectivity index (χ0) is 21.7. The highest BCUT2D eigenvalue weighted by atomic mass is 79.9. The molecule has 4 atom stereocenters. The number of amides is 1. The standard InChI is InChI=1S/C27H29BrN2O/c1-15-4-8-21(16(2)10-15)26-14-24(23-13-20(28)7-9-25(23)30-26)27(31)29-17(3)22-12-18-5-6-19(22)11-18/h4,7-10,13-14,17-19,22H,5-6,11-12H2,1-3H3,(H,29,31)/t17-,18-,19-,22-/m1/s1. The summed E-state index contributed by atoms with van der Waals surface area (Å²) < 4.78 is 0.955. The third-order valence-corrected chi connectivity index (χ3v) is 7.96. The third-order valence-electron chi connectivity index (χ3n) is 7.47. The maximum Gasteiger partial charge on any atom is 0.252 e. The van der Waals surface area contributed by atoms with Crippen LogP contribution in [0.4, 0.5) is 0 Å². The highest BCUT2D eigenvalue weighted by Gasteiger charge is 2.42. The minimum atomic E-state index is 0.00629. The number of aryl methyl sites for hydroxylation is 2. The lowest BCUT2D eigenvalue weighted by atomic mass is 9.84. The molecule has 5 rings (SSSR count). The van der Waals surface area contributed by atoms with E-state index in [-0.39, 0.29) is 11.9 Å². The molecule has 1 amide bonds. The summed E-state index contributed by atoms with van der Waals surface area (Å²) in [4.78, 5) is 18.4. The number of carbonyl (C=O) groups is 1. The molecule has 1 N–H and O–H groups in total. The molecule has 0 radical (unpaired) electrons. The Morgan fingerprint density at radius 1 is 1.10 bits per heavy atom. The molecule has 2 fully saturated rings. The van der Waals surface area contributed by atoms with E-state index < -0.39 is 0 Å². The van der Waals surface area contributed by atoms with Gasteiger partial charge in [-0.3, -0.25) is 4.79 Å². The van der Waals surface area contributed by atoms with Gasteiger partial charge in [0.25, 0.3) is 5.91 Å². The molecule has 0 aliphatic heterocycles. The van der Waals surface area contributed by atoms with Crippen molar-refractivity contribution in [3.8, 4) is 11.3 Å². The quantitative estimate of drug-likeness (QED) is 0.447. The smallest absolute Gasteiger partial charge is 0.252 e. The van der Waals surface area contributed by atoms with Gasteiger partial charge in [0.15, 0.2) is 0 Å². The van der Waals surface area contributed by atoms with E-state index >= 15 is 0 Å². The largest absolute Gasteiger partial charge is 0.349 e. The molecule has 2 saturated carbocycles. The highest BCUT2D eigenvalue weighted by molar-refractivity contribution is 9.10. The summed E-state index contributed by atoms with van der Waals surface area (Å²) in [7, 11) is 0. The number of hydrogen-bond acceptors (Lipinski definition) is 2. The van der Waals surface area contributed by atoms with Gasteiger partial charge in [-0.2, -0.15) is 0 Å². The van der Waals surface area contributed by atoms with Gasteiger partial charge in [0.05, 0.1) is 16.8 Å². The summed E-state index contributed by atoms with van der Waals surface area (Å²) >= 11 is 3.57. The van der Waals surface area contributed by atoms with Crippen LogP contribution in [0.2, 0.25) is 0 Å². The van der Waals surface area contributed by atoms with Gasteiger partial charge in [0.2, 0.25) is 0 Å². The molecule has 1 aromatic heterocycles. The summed E-state index contributed by atoms with van der Waals surface area (Å²) in [6, 6.07) is 14.5. The molecule has 4 heteroatoms. The molecule has 3 nitrogen and oxygen atoms in total. The SMILES string of the molecule is Cc1ccc(-c2cc(C(=O)N[C@H](C)[C@H]3C[C@@H]4CC[C@@H]3C4)c3cc(Br)ccc3n2)c(C)c1. The first-order valence-electron chi connectivity index (χ1n) is 11.4. The number of hydrogen-bond donors (Lipinski definition) is 1. The lowest BCUT2D eigenvalue weighted by molar-refractivity contribution is 0.0917. The van der Waals surface area contributed by atoms with Crippen molar-refractivity contribution in [1.29, 1.82) is 0 Å². The van der Waals surface area contributed by atoms with Crippen molar-refractivity contribution in [2.45, 2.75) is 52.5 Å². The van der Waals surface area contributed by atoms with Gasteiger partial charge in [-0.1, -0.05) is 46.1 Å². The third kappa shape index (κ3) is 3.91. The van der Waals surface area contributed by atoms with Crippen molar-refractivity contribution in [2.24, 2.45) is 17.8 Å². The number of aromatic nitrogens is 1. The second-order valence-corrected chi connectivity index (χ2v) is 10.6. The van der Waals surface area contributed by atoms with Crippen molar-refractivity contribution in [1.82, 2.24) is 10.3 Å². The number of carbonyl (C=O) groups excluding carboxylic acids is 1. The zero-order valence-corrected chi connectivity index (χ0v) is 20.0. The van der Waals surface area contributed by atoms with Crippen molar-refractivity contribution in [2.75, 3.05) is 0 Å². The van der Waals surface area contributed by atoms with Gasteiger partial charge in [0, 0.05) is 21.5 Å². The van der Waals surface area contributed by atoms with E-state index in [1.165, 1.54) is 36.8 Å². The van der Waals surface area contributed by atoms with Crippen LogP contribution in [0.1, 0.15) is 54.1 Å². The number of nitrogens with one attached hydrogen (secondary N) is 1. The fourth-order valence-electron chi connectivity index (χ4n) is 5.92. The summed E-state index contributed by atoms with van der Waals surface area (Å²) in [5.74, 6) is 2.28. The Kier molecular flexibility index (Phi) is 5.37. The molecule has 0 unspecified atom stereocenters. The van der Waals surface area contributed by atoms with E-state index in [4.69, 9.17) is 4.98 Å². The minimum absolute atomic E-state index is 0.00629. The van der Waals surface area contributed by atoms with Gasteiger partial charge in [0.1, 0.15) is 0 Å². The van der Waals surface area contributed by atoms with Crippen LogP contribution in [-0.4, -0.2) is 16.9 Å². The Morgan fingerprint density at radius 2 is 1.94 bits per heavy atom. The van der Waals surface area contributed by atoms with Crippen LogP contribution in [0, 0.1) is 31.6 Å². The van der Waals surface area contributed by atoms with Crippen molar-refractivity contribution < 1.29 is 4.79 Å². The van der Waals surface area contributed by atoms with Crippen molar-refractivity contribution in [3.05, 3.63) is 63.6 Å². The van der Waals surface area contributed by atoms with Crippen molar-refractivity contribution in [3.63, 3.8) is 0 Å². The zero-order valence-electron chi connectivity index (χ0n) is 18.4. The summed E-state index contributed by atoms with van der Waals surface area (Å²) in [5.41, 5.74) is 5.87. The molecular weight excluding hydrogens is 448 g/mol. The Hall–Kier alpha value is -2.20. The monoisotopic (exact) mass is 476 g/mol. The van der Waals surface area contributed by atoms with E-state index in [1.807, 2.05) is 24.3 Å². The molecule has 3 aromatic rings. The average Bonchev–Trinajstić information content (AvgIpc) is 3.37. The Morgan fingerprint density at radius 3 is 2.65 bits per heavy atom. The molecular formula is C27H29BrN2O. The second kappa shape index (κ2) is 8.05. The maximum atomic E-state index is 13.5. The van der Waals surface area contributed by atoms with Crippen LogP contribution in [0.5, 0.6) is 0 Å². The second-order valence-electron chi connectivity index (χ2n) is 9.64. The summed E-state index contributed by atoms with van der Waals surface area (Å²) in [6.07, 6.45) is 5.33. The van der Waals surface area contributed by atoms with Crippen LogP contribution in [-0.2, 0) is 0 Å². The molecule has 0 spiro atoms. The highest BCUT2D eigenvalue weighted by Crippen LogP contribution is 2.49. The Labute approximate surface area is 192 Å². The van der Waals surface area contributed by atoms with Gasteiger partial charge in [-0.15, -0.1) is 0 Å². The van der Waals surface area contributed by atoms with E-state index in [0.29, 0.717) is 11.5 Å². The normalized spacial score (nSPS) is 23.3. The predicted octanol–water partition coefficient (Wildman–Crippen LogP) is 6.84. The molecule has 2 bridgehead atoms. The van der Waals surface area contributed by atoms with Gasteiger partial charge >= 0.3 is 0 Å². The molecule has 2 aliphatic carbocycles. The van der Waals surface area contributed by atoms with Crippen molar-refractivity contribution >= 4 is 32.7 Å². The minimum Gasteiger partial charge on any atom is -0.349 e. The molecule has 1 heterocycles. The number of rotatable bonds is 4. The first-order chi connectivity index (χ1) is 14.9. The fraction of sp³-hybridized carbons (Fsp3) is 0.407. The Bertz CT molecular complexity index is 1170. The number of benzene rings is 2.